The van der Waals surface area contributed by atoms with Crippen molar-refractivity contribution in [1.29, 1.82) is 5.26 Å². The largest absolute Gasteiger partial charge is 0.493 e. The Bertz CT molecular complexity index is 614. The summed E-state index contributed by atoms with van der Waals surface area (Å²) in [7, 11) is 0. The molecule has 0 bridgehead atoms. The molecule has 3 nitrogen and oxygen atoms in total. The molecule has 0 fully saturated rings. The SMILES string of the molecule is C[C@@H](N)c1ccc2ccccc2c1OCCCCC#N. The minimum Gasteiger partial charge on any atom is -0.493 e. The number of nitrogens with zero attached hydrogens (tertiary/aromatic N) is 1. The van der Waals surface area contributed by atoms with Crippen molar-refractivity contribution < 1.29 is 4.74 Å². The average Bonchev–Trinajstić information content (AvgIpc) is 2.46. The van der Waals surface area contributed by atoms with Gasteiger partial charge in [-0.05, 0) is 25.2 Å². The molecule has 0 aliphatic carbocycles. The maximum absolute atomic E-state index is 8.53. The molecule has 0 aromatic heterocycles. The molecule has 0 amide bonds. The second-order valence-corrected chi connectivity index (χ2v) is 4.96. The van der Waals surface area contributed by atoms with Gasteiger partial charge in [-0.1, -0.05) is 36.4 Å². The molecule has 2 rings (SSSR count). The first-order chi connectivity index (χ1) is 9.74. The summed E-state index contributed by atoms with van der Waals surface area (Å²) in [4.78, 5) is 0. The zero-order valence-corrected chi connectivity index (χ0v) is 11.8. The van der Waals surface area contributed by atoms with Crippen molar-refractivity contribution >= 4 is 10.8 Å². The summed E-state index contributed by atoms with van der Waals surface area (Å²) in [5.74, 6) is 0.884. The smallest absolute Gasteiger partial charge is 0.131 e. The molecular weight excluding hydrogens is 248 g/mol. The third-order valence-electron chi connectivity index (χ3n) is 3.33. The van der Waals surface area contributed by atoms with Crippen LogP contribution in [-0.4, -0.2) is 6.61 Å². The van der Waals surface area contributed by atoms with Crippen LogP contribution in [0.25, 0.3) is 10.8 Å². The Morgan fingerprint density at radius 1 is 1.20 bits per heavy atom. The Morgan fingerprint density at radius 2 is 2.00 bits per heavy atom. The molecule has 0 heterocycles. The summed E-state index contributed by atoms with van der Waals surface area (Å²) in [6.07, 6.45) is 2.34. The highest BCUT2D eigenvalue weighted by Gasteiger charge is 2.11. The third-order valence-corrected chi connectivity index (χ3v) is 3.33. The molecule has 2 aromatic carbocycles. The van der Waals surface area contributed by atoms with Gasteiger partial charge in [-0.3, -0.25) is 0 Å². The number of nitrogens with two attached hydrogens (primary N) is 1. The van der Waals surface area contributed by atoms with Gasteiger partial charge in [-0.2, -0.15) is 5.26 Å². The minimum absolute atomic E-state index is 0.0614. The van der Waals surface area contributed by atoms with E-state index >= 15 is 0 Å². The van der Waals surface area contributed by atoms with Gasteiger partial charge in [0.1, 0.15) is 5.75 Å². The van der Waals surface area contributed by atoms with Crippen molar-refractivity contribution in [2.75, 3.05) is 6.61 Å². The number of benzene rings is 2. The van der Waals surface area contributed by atoms with Crippen LogP contribution in [0.5, 0.6) is 5.75 Å². The fourth-order valence-corrected chi connectivity index (χ4v) is 2.26. The number of rotatable bonds is 6. The van der Waals surface area contributed by atoms with E-state index in [1.165, 1.54) is 0 Å². The Labute approximate surface area is 120 Å². The van der Waals surface area contributed by atoms with E-state index in [9.17, 15) is 0 Å². The van der Waals surface area contributed by atoms with Gasteiger partial charge in [0.2, 0.25) is 0 Å². The first-order valence-electron chi connectivity index (χ1n) is 7.01. The molecule has 0 aliphatic heterocycles. The highest BCUT2D eigenvalue weighted by Crippen LogP contribution is 2.33. The van der Waals surface area contributed by atoms with Gasteiger partial charge in [0.05, 0.1) is 12.7 Å². The molecule has 20 heavy (non-hydrogen) atoms. The summed E-state index contributed by atoms with van der Waals surface area (Å²) < 4.78 is 5.97. The lowest BCUT2D eigenvalue weighted by Gasteiger charge is -2.16. The molecule has 0 saturated carbocycles. The molecule has 0 saturated heterocycles. The minimum atomic E-state index is -0.0614. The van der Waals surface area contributed by atoms with Crippen LogP contribution in [0.3, 0.4) is 0 Å². The highest BCUT2D eigenvalue weighted by atomic mass is 16.5. The van der Waals surface area contributed by atoms with E-state index in [2.05, 4.69) is 24.3 Å². The highest BCUT2D eigenvalue weighted by molar-refractivity contribution is 5.89. The lowest BCUT2D eigenvalue weighted by Crippen LogP contribution is -2.09. The maximum Gasteiger partial charge on any atom is 0.131 e. The topological polar surface area (TPSA) is 59.0 Å². The number of nitriles is 1. The van der Waals surface area contributed by atoms with E-state index in [0.717, 1.165) is 34.9 Å². The van der Waals surface area contributed by atoms with Gasteiger partial charge < -0.3 is 10.5 Å². The van der Waals surface area contributed by atoms with Gasteiger partial charge >= 0.3 is 0 Å². The van der Waals surface area contributed by atoms with Crippen molar-refractivity contribution in [2.45, 2.75) is 32.2 Å². The zero-order valence-electron chi connectivity index (χ0n) is 11.8. The van der Waals surface area contributed by atoms with Crippen LogP contribution in [0.2, 0.25) is 0 Å². The number of hydrogen-bond acceptors (Lipinski definition) is 3. The first-order valence-corrected chi connectivity index (χ1v) is 7.01. The first kappa shape index (κ1) is 14.4. The zero-order chi connectivity index (χ0) is 14.4. The van der Waals surface area contributed by atoms with Crippen LogP contribution in [0.1, 0.15) is 37.8 Å². The third kappa shape index (κ3) is 3.28. The van der Waals surface area contributed by atoms with Gasteiger partial charge in [0, 0.05) is 23.4 Å². The molecule has 0 unspecified atom stereocenters. The summed E-state index contributed by atoms with van der Waals surface area (Å²) >= 11 is 0. The Hall–Kier alpha value is -2.05. The van der Waals surface area contributed by atoms with E-state index < -0.39 is 0 Å². The van der Waals surface area contributed by atoms with E-state index in [1.807, 2.05) is 25.1 Å². The number of hydrogen-bond donors (Lipinski definition) is 1. The van der Waals surface area contributed by atoms with Gasteiger partial charge in [-0.15, -0.1) is 0 Å². The van der Waals surface area contributed by atoms with Crippen LogP contribution >= 0.6 is 0 Å². The van der Waals surface area contributed by atoms with Crippen molar-refractivity contribution in [3.8, 4) is 11.8 Å². The van der Waals surface area contributed by atoms with E-state index in [-0.39, 0.29) is 6.04 Å². The fraction of sp³-hybridized carbons (Fsp3) is 0.353. The number of ether oxygens (including phenoxy) is 1. The van der Waals surface area contributed by atoms with Crippen LogP contribution in [0, 0.1) is 11.3 Å². The molecular formula is C17H20N2O. The molecule has 0 aliphatic rings. The van der Waals surface area contributed by atoms with Crippen LogP contribution in [0.15, 0.2) is 36.4 Å². The van der Waals surface area contributed by atoms with Crippen molar-refractivity contribution in [1.82, 2.24) is 0 Å². The molecule has 0 spiro atoms. The summed E-state index contributed by atoms with van der Waals surface area (Å²) in [6, 6.07) is 14.4. The lowest BCUT2D eigenvalue weighted by molar-refractivity contribution is 0.307. The molecule has 0 radical (unpaired) electrons. The Morgan fingerprint density at radius 3 is 2.75 bits per heavy atom. The second-order valence-electron chi connectivity index (χ2n) is 4.96. The van der Waals surface area contributed by atoms with Gasteiger partial charge in [0.15, 0.2) is 0 Å². The predicted octanol–water partition coefficient (Wildman–Crippen LogP) is 3.93. The summed E-state index contributed by atoms with van der Waals surface area (Å²) in [5.41, 5.74) is 7.07. The van der Waals surface area contributed by atoms with Crippen molar-refractivity contribution in [3.05, 3.63) is 42.0 Å². The average molecular weight is 268 g/mol. The van der Waals surface area contributed by atoms with Crippen molar-refractivity contribution in [3.63, 3.8) is 0 Å². The standard InChI is InChI=1S/C17H20N2O/c1-13(19)15-10-9-14-7-3-4-8-16(14)17(15)20-12-6-2-5-11-18/h3-4,7-10,13H,2,5-6,12,19H2,1H3/t13-/m1/s1. The molecule has 104 valence electrons. The molecule has 1 atom stereocenters. The van der Waals surface area contributed by atoms with E-state index in [1.54, 1.807) is 0 Å². The monoisotopic (exact) mass is 268 g/mol. The van der Waals surface area contributed by atoms with E-state index in [4.69, 9.17) is 15.7 Å². The maximum atomic E-state index is 8.53. The van der Waals surface area contributed by atoms with Crippen molar-refractivity contribution in [2.24, 2.45) is 5.73 Å². The fourth-order valence-electron chi connectivity index (χ4n) is 2.26. The molecule has 3 heteroatoms. The van der Waals surface area contributed by atoms with Crippen LogP contribution < -0.4 is 10.5 Å². The number of fused-ring (bicyclic) bond motifs is 1. The number of unbranched alkanes of at least 4 members (excludes halogenated alkanes) is 2. The molecule has 2 aromatic rings. The Balaban J connectivity index is 2.23. The Kier molecular flexibility index (Phi) is 4.97. The van der Waals surface area contributed by atoms with Crippen LogP contribution in [-0.2, 0) is 0 Å². The summed E-state index contributed by atoms with van der Waals surface area (Å²) in [5, 5.41) is 10.8. The second kappa shape index (κ2) is 6.93. The van der Waals surface area contributed by atoms with Crippen LogP contribution in [0.4, 0.5) is 0 Å². The quantitative estimate of drug-likeness (QED) is 0.807. The summed E-state index contributed by atoms with van der Waals surface area (Å²) in [6.45, 7) is 2.59. The predicted molar refractivity (Wildman–Crippen MR) is 81.5 cm³/mol. The van der Waals surface area contributed by atoms with Gasteiger partial charge in [0.25, 0.3) is 0 Å². The molecule has 2 N–H and O–H groups in total. The normalized spacial score (nSPS) is 12.1. The van der Waals surface area contributed by atoms with E-state index in [0.29, 0.717) is 13.0 Å². The lowest BCUT2D eigenvalue weighted by atomic mass is 10.0. The van der Waals surface area contributed by atoms with Gasteiger partial charge in [-0.25, -0.2) is 0 Å².